The van der Waals surface area contributed by atoms with Crippen LogP contribution in [0.1, 0.15) is 39.5 Å². The van der Waals surface area contributed by atoms with Crippen LogP contribution in [0.3, 0.4) is 0 Å². The minimum absolute atomic E-state index is 0.147. The molecule has 1 N–H and O–H groups in total. The average molecular weight is 299 g/mol. The molecule has 1 atom stereocenters. The highest BCUT2D eigenvalue weighted by Crippen LogP contribution is 2.15. The van der Waals surface area contributed by atoms with Crippen molar-refractivity contribution in [2.24, 2.45) is 0 Å². The Morgan fingerprint density at radius 1 is 1.29 bits per heavy atom. The van der Waals surface area contributed by atoms with Gasteiger partial charge in [0.15, 0.2) is 0 Å². The van der Waals surface area contributed by atoms with Gasteiger partial charge in [-0.3, -0.25) is 4.79 Å². The van der Waals surface area contributed by atoms with Crippen LogP contribution in [0.25, 0.3) is 0 Å². The molecule has 0 spiro atoms. The molecule has 1 unspecified atom stereocenters. The second-order valence-corrected chi connectivity index (χ2v) is 6.35. The van der Waals surface area contributed by atoms with E-state index in [4.69, 9.17) is 4.74 Å². The molecule has 1 rings (SSSR count). The highest BCUT2D eigenvalue weighted by Gasteiger charge is 2.33. The van der Waals surface area contributed by atoms with Crippen LogP contribution in [-0.4, -0.2) is 74.7 Å². The van der Waals surface area contributed by atoms with Gasteiger partial charge in [0.1, 0.15) is 5.54 Å². The summed E-state index contributed by atoms with van der Waals surface area (Å²) >= 11 is 0. The number of methoxy groups -OCH3 is 1. The summed E-state index contributed by atoms with van der Waals surface area (Å²) in [5, 5.41) is 3.35. The zero-order chi connectivity index (χ0) is 15.7. The molecule has 0 saturated carbocycles. The largest absolute Gasteiger partial charge is 0.468 e. The number of rotatable bonds is 8. The predicted molar refractivity (Wildman–Crippen MR) is 86.5 cm³/mol. The fourth-order valence-corrected chi connectivity index (χ4v) is 2.87. The Hall–Kier alpha value is -0.650. The van der Waals surface area contributed by atoms with E-state index in [-0.39, 0.29) is 5.97 Å². The molecule has 124 valence electrons. The molecule has 1 saturated heterocycles. The maximum Gasteiger partial charge on any atom is 0.325 e. The highest BCUT2D eigenvalue weighted by atomic mass is 16.5. The summed E-state index contributed by atoms with van der Waals surface area (Å²) < 4.78 is 4.97. The molecule has 0 amide bonds. The number of hydrogen-bond donors (Lipinski definition) is 1. The monoisotopic (exact) mass is 299 g/mol. The second kappa shape index (κ2) is 9.38. The molecule has 0 aromatic heterocycles. The number of carbonyl (C=O) groups excluding carboxylic acids is 1. The van der Waals surface area contributed by atoms with Crippen LogP contribution in [-0.2, 0) is 9.53 Å². The lowest BCUT2D eigenvalue weighted by atomic mass is 9.95. The Balaban J connectivity index is 2.40. The van der Waals surface area contributed by atoms with Crippen LogP contribution in [0.5, 0.6) is 0 Å². The van der Waals surface area contributed by atoms with Crippen molar-refractivity contribution < 1.29 is 9.53 Å². The third-order valence-electron chi connectivity index (χ3n) is 4.36. The molecule has 1 aliphatic rings. The Morgan fingerprint density at radius 2 is 2.05 bits per heavy atom. The molecule has 5 heteroatoms. The minimum Gasteiger partial charge on any atom is -0.468 e. The van der Waals surface area contributed by atoms with Gasteiger partial charge in [-0.1, -0.05) is 6.92 Å². The van der Waals surface area contributed by atoms with E-state index in [2.05, 4.69) is 29.1 Å². The number of carbonyl (C=O) groups is 1. The summed E-state index contributed by atoms with van der Waals surface area (Å²) in [6.07, 6.45) is 4.10. The standard InChI is InChI=1S/C16H33N3O2/c1-5-9-17-16(2,15(20)21-4)8-6-11-19-12-7-10-18(3)13-14-19/h17H,5-14H2,1-4H3. The number of nitrogens with zero attached hydrogens (tertiary/aromatic N) is 2. The van der Waals surface area contributed by atoms with E-state index in [0.29, 0.717) is 0 Å². The van der Waals surface area contributed by atoms with Gasteiger partial charge in [0.25, 0.3) is 0 Å². The Morgan fingerprint density at radius 3 is 2.71 bits per heavy atom. The molecule has 1 fully saturated rings. The van der Waals surface area contributed by atoms with Crippen molar-refractivity contribution >= 4 is 5.97 Å². The Bertz CT molecular complexity index is 312. The fourth-order valence-electron chi connectivity index (χ4n) is 2.87. The highest BCUT2D eigenvalue weighted by molar-refractivity contribution is 5.80. The van der Waals surface area contributed by atoms with E-state index in [0.717, 1.165) is 45.4 Å². The number of ether oxygens (including phenoxy) is 1. The van der Waals surface area contributed by atoms with Crippen molar-refractivity contribution in [3.63, 3.8) is 0 Å². The van der Waals surface area contributed by atoms with Crippen molar-refractivity contribution in [1.29, 1.82) is 0 Å². The molecule has 0 radical (unpaired) electrons. The lowest BCUT2D eigenvalue weighted by Crippen LogP contribution is -2.50. The molecular formula is C16H33N3O2. The van der Waals surface area contributed by atoms with Crippen LogP contribution >= 0.6 is 0 Å². The first-order valence-electron chi connectivity index (χ1n) is 8.26. The minimum atomic E-state index is -0.548. The van der Waals surface area contributed by atoms with Crippen molar-refractivity contribution in [2.45, 2.75) is 45.1 Å². The van der Waals surface area contributed by atoms with Crippen LogP contribution in [0.4, 0.5) is 0 Å². The lowest BCUT2D eigenvalue weighted by molar-refractivity contribution is -0.148. The van der Waals surface area contributed by atoms with Gasteiger partial charge in [0, 0.05) is 13.1 Å². The van der Waals surface area contributed by atoms with Crippen molar-refractivity contribution in [3.8, 4) is 0 Å². The van der Waals surface area contributed by atoms with Crippen LogP contribution in [0, 0.1) is 0 Å². The fraction of sp³-hybridized carbons (Fsp3) is 0.938. The third-order valence-corrected chi connectivity index (χ3v) is 4.36. The van der Waals surface area contributed by atoms with Crippen molar-refractivity contribution in [2.75, 3.05) is 53.4 Å². The molecule has 0 aromatic rings. The van der Waals surface area contributed by atoms with E-state index in [9.17, 15) is 4.79 Å². The Labute approximate surface area is 130 Å². The van der Waals surface area contributed by atoms with Crippen LogP contribution in [0.15, 0.2) is 0 Å². The lowest BCUT2D eigenvalue weighted by Gasteiger charge is -2.29. The van der Waals surface area contributed by atoms with Crippen molar-refractivity contribution in [3.05, 3.63) is 0 Å². The predicted octanol–water partition coefficient (Wildman–Crippen LogP) is 1.34. The van der Waals surface area contributed by atoms with Gasteiger partial charge >= 0.3 is 5.97 Å². The van der Waals surface area contributed by atoms with Crippen LogP contribution < -0.4 is 5.32 Å². The second-order valence-electron chi connectivity index (χ2n) is 6.35. The van der Waals surface area contributed by atoms with Gasteiger partial charge in [0.2, 0.25) is 0 Å². The summed E-state index contributed by atoms with van der Waals surface area (Å²) in [6.45, 7) is 10.6. The summed E-state index contributed by atoms with van der Waals surface area (Å²) in [7, 11) is 3.66. The molecular weight excluding hydrogens is 266 g/mol. The normalized spacial score (nSPS) is 20.8. The quantitative estimate of drug-likeness (QED) is 0.685. The molecule has 5 nitrogen and oxygen atoms in total. The topological polar surface area (TPSA) is 44.8 Å². The molecule has 0 aromatic carbocycles. The maximum atomic E-state index is 12.0. The van der Waals surface area contributed by atoms with Gasteiger partial charge in [0.05, 0.1) is 7.11 Å². The summed E-state index contributed by atoms with van der Waals surface area (Å²) in [4.78, 5) is 16.9. The molecule has 1 heterocycles. The average Bonchev–Trinajstić information content (AvgIpc) is 2.69. The number of nitrogens with one attached hydrogen (secondary N) is 1. The number of hydrogen-bond acceptors (Lipinski definition) is 5. The van der Waals surface area contributed by atoms with Gasteiger partial charge < -0.3 is 19.9 Å². The number of likely N-dealkylation sites (N-methyl/N-ethyl adjacent to an activating group) is 1. The summed E-state index contributed by atoms with van der Waals surface area (Å²) in [5.41, 5.74) is -0.548. The maximum absolute atomic E-state index is 12.0. The van der Waals surface area contributed by atoms with Gasteiger partial charge in [-0.15, -0.1) is 0 Å². The number of esters is 1. The van der Waals surface area contributed by atoms with Gasteiger partial charge in [-0.05, 0) is 65.8 Å². The summed E-state index contributed by atoms with van der Waals surface area (Å²) in [5.74, 6) is -0.147. The van der Waals surface area contributed by atoms with Crippen LogP contribution in [0.2, 0.25) is 0 Å². The molecule has 0 bridgehead atoms. The zero-order valence-corrected chi connectivity index (χ0v) is 14.3. The molecule has 0 aliphatic carbocycles. The van der Waals surface area contributed by atoms with E-state index in [1.54, 1.807) is 0 Å². The van der Waals surface area contributed by atoms with E-state index in [1.165, 1.54) is 26.6 Å². The zero-order valence-electron chi connectivity index (χ0n) is 14.3. The van der Waals surface area contributed by atoms with E-state index < -0.39 is 5.54 Å². The smallest absolute Gasteiger partial charge is 0.325 e. The third kappa shape index (κ3) is 6.32. The summed E-state index contributed by atoms with van der Waals surface area (Å²) in [6, 6.07) is 0. The first kappa shape index (κ1) is 18.4. The Kier molecular flexibility index (Phi) is 8.22. The van der Waals surface area contributed by atoms with E-state index >= 15 is 0 Å². The first-order valence-corrected chi connectivity index (χ1v) is 8.26. The van der Waals surface area contributed by atoms with Crippen molar-refractivity contribution in [1.82, 2.24) is 15.1 Å². The first-order chi connectivity index (χ1) is 10.0. The van der Waals surface area contributed by atoms with Gasteiger partial charge in [-0.2, -0.15) is 0 Å². The van der Waals surface area contributed by atoms with E-state index in [1.807, 2.05) is 6.92 Å². The van der Waals surface area contributed by atoms with Gasteiger partial charge in [-0.25, -0.2) is 0 Å². The SMILES string of the molecule is CCCNC(C)(CCCN1CCCN(C)CC1)C(=O)OC. The molecule has 21 heavy (non-hydrogen) atoms. The molecule has 1 aliphatic heterocycles.